The van der Waals surface area contributed by atoms with Gasteiger partial charge in [0.05, 0.1) is 19.8 Å². The van der Waals surface area contributed by atoms with E-state index in [4.69, 9.17) is 20.1 Å². The van der Waals surface area contributed by atoms with Crippen LogP contribution in [-0.2, 0) is 19.1 Å². The van der Waals surface area contributed by atoms with E-state index in [1.807, 2.05) is 0 Å². The van der Waals surface area contributed by atoms with Crippen molar-refractivity contribution < 1.29 is 29.0 Å². The summed E-state index contributed by atoms with van der Waals surface area (Å²) in [6.07, 6.45) is 1.57. The molecule has 0 aliphatic rings. The molecule has 21 heavy (non-hydrogen) atoms. The summed E-state index contributed by atoms with van der Waals surface area (Å²) in [6.45, 7) is 6.93. The van der Waals surface area contributed by atoms with E-state index in [2.05, 4.69) is 4.79 Å². The lowest BCUT2D eigenvalue weighted by molar-refractivity contribution is -0.152. The van der Waals surface area contributed by atoms with E-state index in [0.29, 0.717) is 0 Å². The average molecular weight is 298 g/mol. The summed E-state index contributed by atoms with van der Waals surface area (Å²) >= 11 is 0. The van der Waals surface area contributed by atoms with Gasteiger partial charge in [0.15, 0.2) is 0 Å². The maximum Gasteiger partial charge on any atom is 0.441 e. The van der Waals surface area contributed by atoms with Crippen molar-refractivity contribution in [3.05, 3.63) is 17.2 Å². The highest BCUT2D eigenvalue weighted by molar-refractivity contribution is 6.62. The summed E-state index contributed by atoms with van der Waals surface area (Å²) < 4.78 is 10.1. The number of Topliss-reactive ketones (excluding diaryl/α,β-unsaturated/α-hetero) is 1. The average Bonchev–Trinajstić information content (AvgIpc) is 2.36. The number of aliphatic hydroxyl groups excluding tert-OH is 1. The number of aliphatic hydroxyl groups is 1. The molecule has 7 heteroatoms. The van der Waals surface area contributed by atoms with Gasteiger partial charge in [0.1, 0.15) is 5.60 Å². The summed E-state index contributed by atoms with van der Waals surface area (Å²) in [7, 11) is 0. The second-order valence-electron chi connectivity index (χ2n) is 5.41. The van der Waals surface area contributed by atoms with E-state index >= 15 is 0 Å². The van der Waals surface area contributed by atoms with Gasteiger partial charge in [-0.15, -0.1) is 0 Å². The number of carbonyl (C=O) groups excluding carboxylic acids is 2. The van der Waals surface area contributed by atoms with Crippen LogP contribution in [0.1, 0.15) is 34.1 Å². The highest BCUT2D eigenvalue weighted by Gasteiger charge is 2.33. The Kier molecular flexibility index (Phi) is 8.38. The first-order valence-electron chi connectivity index (χ1n) is 6.54. The fourth-order valence-corrected chi connectivity index (χ4v) is 1.17. The van der Waals surface area contributed by atoms with Crippen molar-refractivity contribution in [1.82, 2.24) is 0 Å². The molecule has 0 bridgehead atoms. The van der Waals surface area contributed by atoms with Crippen LogP contribution in [0.3, 0.4) is 0 Å². The van der Waals surface area contributed by atoms with Gasteiger partial charge in [0.25, 0.3) is 5.78 Å². The zero-order valence-corrected chi connectivity index (χ0v) is 12.9. The first-order valence-corrected chi connectivity index (χ1v) is 6.54. The van der Waals surface area contributed by atoms with Crippen molar-refractivity contribution in [3.63, 3.8) is 0 Å². The van der Waals surface area contributed by atoms with Gasteiger partial charge in [-0.1, -0.05) is 6.08 Å². The topological polar surface area (TPSA) is 109 Å². The van der Waals surface area contributed by atoms with Crippen LogP contribution in [0.2, 0.25) is 0 Å². The van der Waals surface area contributed by atoms with Crippen molar-refractivity contribution in [2.24, 2.45) is 0 Å². The molecule has 0 aromatic heterocycles. The molecule has 0 saturated carbocycles. The van der Waals surface area contributed by atoms with Gasteiger partial charge in [-0.2, -0.15) is 4.79 Å². The molecule has 118 valence electrons. The summed E-state index contributed by atoms with van der Waals surface area (Å²) in [5.41, 5.74) is 8.09. The van der Waals surface area contributed by atoms with E-state index in [-0.39, 0.29) is 26.2 Å². The predicted octanol–water partition coefficient (Wildman–Crippen LogP) is 0.913. The number of ether oxygens (including phenoxy) is 2. The molecule has 0 aromatic rings. The molecule has 0 spiro atoms. The molecule has 7 nitrogen and oxygen atoms in total. The fourth-order valence-electron chi connectivity index (χ4n) is 1.17. The van der Waals surface area contributed by atoms with Gasteiger partial charge >= 0.3 is 11.7 Å². The molecule has 0 atom stereocenters. The number of hydrogen-bond donors (Lipinski definition) is 1. The third-order valence-electron chi connectivity index (χ3n) is 2.23. The molecule has 0 radical (unpaired) electrons. The molecule has 0 saturated heterocycles. The number of rotatable bonds is 8. The van der Waals surface area contributed by atoms with E-state index in [1.54, 1.807) is 33.8 Å². The molecule has 0 fully saturated rings. The largest absolute Gasteiger partial charge is 0.451 e. The van der Waals surface area contributed by atoms with Gasteiger partial charge < -0.3 is 20.1 Å². The zero-order valence-electron chi connectivity index (χ0n) is 12.9. The second-order valence-corrected chi connectivity index (χ2v) is 5.41. The van der Waals surface area contributed by atoms with E-state index in [0.717, 1.165) is 5.57 Å². The van der Waals surface area contributed by atoms with Crippen molar-refractivity contribution in [1.29, 1.82) is 0 Å². The molecule has 0 rings (SSSR count). The van der Waals surface area contributed by atoms with Crippen molar-refractivity contribution >= 4 is 17.5 Å². The highest BCUT2D eigenvalue weighted by Crippen LogP contribution is 2.07. The van der Waals surface area contributed by atoms with E-state index < -0.39 is 23.1 Å². The number of hydrogen-bond acceptors (Lipinski definition) is 5. The van der Waals surface area contributed by atoms with Gasteiger partial charge in [-0.3, -0.25) is 4.79 Å². The van der Waals surface area contributed by atoms with Crippen LogP contribution < -0.4 is 0 Å². The lowest BCUT2D eigenvalue weighted by Gasteiger charge is -2.17. The van der Waals surface area contributed by atoms with Gasteiger partial charge in [-0.25, -0.2) is 4.79 Å². The Labute approximate surface area is 124 Å². The van der Waals surface area contributed by atoms with Crippen LogP contribution in [0, 0.1) is 0 Å². The standard InChI is InChI=1S/C14H22N2O5/c1-10(9-17)5-7-20-8-6-11(18)12(16-15)13(19)21-14(2,3)4/h5,17H,6-9H2,1-4H3/b10-5+. The smallest absolute Gasteiger partial charge is 0.441 e. The number of nitrogens with zero attached hydrogens (tertiary/aromatic N) is 2. The zero-order chi connectivity index (χ0) is 16.5. The van der Waals surface area contributed by atoms with Gasteiger partial charge in [0, 0.05) is 6.42 Å². The summed E-state index contributed by atoms with van der Waals surface area (Å²) in [5.74, 6) is -1.62. The number of carbonyl (C=O) groups is 2. The van der Waals surface area contributed by atoms with Crippen molar-refractivity contribution in [2.75, 3.05) is 19.8 Å². The maximum atomic E-state index is 11.7. The van der Waals surface area contributed by atoms with Crippen LogP contribution in [0.15, 0.2) is 11.6 Å². The molecule has 0 aliphatic carbocycles. The molecule has 0 unspecified atom stereocenters. The quantitative estimate of drug-likeness (QED) is 0.136. The number of esters is 1. The second kappa shape index (κ2) is 9.18. The first-order chi connectivity index (χ1) is 9.71. The fraction of sp³-hybridized carbons (Fsp3) is 0.643. The molecular formula is C14H22N2O5. The Morgan fingerprint density at radius 2 is 1.95 bits per heavy atom. The van der Waals surface area contributed by atoms with Crippen LogP contribution in [0.5, 0.6) is 0 Å². The lowest BCUT2D eigenvalue weighted by atomic mass is 10.1. The Morgan fingerprint density at radius 3 is 2.43 bits per heavy atom. The van der Waals surface area contributed by atoms with E-state index in [9.17, 15) is 9.59 Å². The monoisotopic (exact) mass is 298 g/mol. The normalized spacial score (nSPS) is 11.8. The third kappa shape index (κ3) is 8.86. The summed E-state index contributed by atoms with van der Waals surface area (Å²) in [5, 5.41) is 8.77. The van der Waals surface area contributed by atoms with Crippen LogP contribution in [0.25, 0.3) is 5.53 Å². The minimum Gasteiger partial charge on any atom is -0.451 e. The van der Waals surface area contributed by atoms with E-state index in [1.165, 1.54) is 0 Å². The molecule has 0 heterocycles. The minimum absolute atomic E-state index is 0.0533. The van der Waals surface area contributed by atoms with Crippen molar-refractivity contribution in [2.45, 2.75) is 39.7 Å². The Hall–Kier alpha value is -1.82. The molecular weight excluding hydrogens is 276 g/mol. The van der Waals surface area contributed by atoms with Crippen molar-refractivity contribution in [3.8, 4) is 0 Å². The maximum absolute atomic E-state index is 11.7. The molecule has 0 aromatic carbocycles. The highest BCUT2D eigenvalue weighted by atomic mass is 16.6. The van der Waals surface area contributed by atoms with Gasteiger partial charge in [0.2, 0.25) is 0 Å². The van der Waals surface area contributed by atoms with Crippen LogP contribution >= 0.6 is 0 Å². The van der Waals surface area contributed by atoms with Gasteiger partial charge in [-0.05, 0) is 33.3 Å². The lowest BCUT2D eigenvalue weighted by Crippen LogP contribution is -2.34. The first kappa shape index (κ1) is 19.2. The summed E-state index contributed by atoms with van der Waals surface area (Å²) in [4.78, 5) is 26.1. The predicted molar refractivity (Wildman–Crippen MR) is 75.8 cm³/mol. The molecule has 1 N–H and O–H groups in total. The SMILES string of the molecule is C/C(=C\COCCC(=O)C(=[N+]=[N-])C(=O)OC(C)(C)C)CO. The Balaban J connectivity index is 4.31. The van der Waals surface area contributed by atoms with Crippen LogP contribution in [-0.4, -0.2) is 52.8 Å². The number of ketones is 1. The Bertz CT molecular complexity index is 456. The molecule has 0 aliphatic heterocycles. The minimum atomic E-state index is -0.967. The molecule has 0 amide bonds. The summed E-state index contributed by atoms with van der Waals surface area (Å²) in [6, 6.07) is 0. The Morgan fingerprint density at radius 1 is 1.33 bits per heavy atom. The van der Waals surface area contributed by atoms with Crippen LogP contribution in [0.4, 0.5) is 0 Å². The third-order valence-corrected chi connectivity index (χ3v) is 2.23.